The lowest BCUT2D eigenvalue weighted by Crippen LogP contribution is -2.31. The van der Waals surface area contributed by atoms with Crippen LogP contribution in [0.25, 0.3) is 0 Å². The first-order valence-corrected chi connectivity index (χ1v) is 7.70. The van der Waals surface area contributed by atoms with Crippen molar-refractivity contribution in [3.05, 3.63) is 18.0 Å². The normalized spacial score (nSPS) is 12.2. The Balaban J connectivity index is 2.36. The van der Waals surface area contributed by atoms with E-state index in [0.717, 1.165) is 18.7 Å². The summed E-state index contributed by atoms with van der Waals surface area (Å²) in [7, 11) is -0.0166. The van der Waals surface area contributed by atoms with Gasteiger partial charge < -0.3 is 5.32 Å². The third-order valence-corrected chi connectivity index (χ3v) is 4.47. The number of rotatable bonds is 8. The van der Waals surface area contributed by atoms with Gasteiger partial charge in [-0.2, -0.15) is 5.10 Å². The van der Waals surface area contributed by atoms with Gasteiger partial charge in [0.25, 0.3) is 0 Å². The van der Waals surface area contributed by atoms with E-state index in [0.29, 0.717) is 13.1 Å². The van der Waals surface area contributed by atoms with Gasteiger partial charge in [0.1, 0.15) is 0 Å². The first kappa shape index (κ1) is 15.1. The SMILES string of the molecule is CCCn1nccc1CNCCS(=O)(=O)N(C)C. The van der Waals surface area contributed by atoms with Crippen LogP contribution in [0, 0.1) is 0 Å². The van der Waals surface area contributed by atoms with Crippen LogP contribution < -0.4 is 5.32 Å². The van der Waals surface area contributed by atoms with Gasteiger partial charge in [-0.05, 0) is 12.5 Å². The standard InChI is InChI=1S/C11H22N4O2S/c1-4-8-15-11(5-6-13-15)10-12-7-9-18(16,17)14(2)3/h5-6,12H,4,7-10H2,1-3H3. The van der Waals surface area contributed by atoms with E-state index in [-0.39, 0.29) is 5.75 Å². The number of aryl methyl sites for hydroxylation is 1. The Labute approximate surface area is 109 Å². The van der Waals surface area contributed by atoms with Crippen molar-refractivity contribution in [2.45, 2.75) is 26.4 Å². The van der Waals surface area contributed by atoms with Gasteiger partial charge in [-0.25, -0.2) is 12.7 Å². The Kier molecular flexibility index (Phi) is 5.77. The molecule has 0 bridgehead atoms. The lowest BCUT2D eigenvalue weighted by atomic mass is 10.4. The van der Waals surface area contributed by atoms with Crippen LogP contribution in [0.5, 0.6) is 0 Å². The molecule has 0 amide bonds. The third kappa shape index (κ3) is 4.40. The molecule has 18 heavy (non-hydrogen) atoms. The van der Waals surface area contributed by atoms with Crippen molar-refractivity contribution in [2.75, 3.05) is 26.4 Å². The molecule has 0 spiro atoms. The van der Waals surface area contributed by atoms with E-state index in [2.05, 4.69) is 17.3 Å². The van der Waals surface area contributed by atoms with Crippen LogP contribution in [0.3, 0.4) is 0 Å². The van der Waals surface area contributed by atoms with Gasteiger partial charge in [-0.3, -0.25) is 4.68 Å². The van der Waals surface area contributed by atoms with Crippen LogP contribution in [0.2, 0.25) is 0 Å². The maximum Gasteiger partial charge on any atom is 0.214 e. The third-order valence-electron chi connectivity index (χ3n) is 2.64. The van der Waals surface area contributed by atoms with Crippen LogP contribution in [0.4, 0.5) is 0 Å². The van der Waals surface area contributed by atoms with Crippen molar-refractivity contribution in [3.8, 4) is 0 Å². The molecule has 104 valence electrons. The van der Waals surface area contributed by atoms with E-state index < -0.39 is 10.0 Å². The number of hydrogen-bond acceptors (Lipinski definition) is 4. The zero-order valence-electron chi connectivity index (χ0n) is 11.3. The average molecular weight is 274 g/mol. The van der Waals surface area contributed by atoms with Gasteiger partial charge in [0.05, 0.1) is 11.4 Å². The minimum absolute atomic E-state index is 0.113. The Morgan fingerprint density at radius 3 is 2.78 bits per heavy atom. The van der Waals surface area contributed by atoms with Gasteiger partial charge in [0.15, 0.2) is 0 Å². The van der Waals surface area contributed by atoms with E-state index in [1.165, 1.54) is 4.31 Å². The zero-order chi connectivity index (χ0) is 13.6. The van der Waals surface area contributed by atoms with E-state index in [1.54, 1.807) is 20.3 Å². The van der Waals surface area contributed by atoms with Crippen LogP contribution in [0.15, 0.2) is 12.3 Å². The summed E-state index contributed by atoms with van der Waals surface area (Å²) in [5, 5.41) is 7.34. The summed E-state index contributed by atoms with van der Waals surface area (Å²) < 4.78 is 26.2. The Bertz CT molecular complexity index is 453. The predicted molar refractivity (Wildman–Crippen MR) is 71.7 cm³/mol. The van der Waals surface area contributed by atoms with E-state index in [9.17, 15) is 8.42 Å². The van der Waals surface area contributed by atoms with Crippen molar-refractivity contribution >= 4 is 10.0 Å². The molecule has 7 heteroatoms. The van der Waals surface area contributed by atoms with Gasteiger partial charge in [0, 0.05) is 39.9 Å². The second-order valence-electron chi connectivity index (χ2n) is 4.32. The fourth-order valence-electron chi connectivity index (χ4n) is 1.52. The molecule has 0 fully saturated rings. The minimum Gasteiger partial charge on any atom is -0.310 e. The van der Waals surface area contributed by atoms with Crippen LogP contribution in [-0.2, 0) is 23.1 Å². The van der Waals surface area contributed by atoms with E-state index in [1.807, 2.05) is 10.7 Å². The summed E-state index contributed by atoms with van der Waals surface area (Å²) >= 11 is 0. The van der Waals surface area contributed by atoms with Crippen molar-refractivity contribution in [1.29, 1.82) is 0 Å². The molecular weight excluding hydrogens is 252 g/mol. The average Bonchev–Trinajstić information content (AvgIpc) is 2.72. The summed E-state index contributed by atoms with van der Waals surface area (Å²) in [5.74, 6) is 0.113. The summed E-state index contributed by atoms with van der Waals surface area (Å²) in [5.41, 5.74) is 1.08. The van der Waals surface area contributed by atoms with Gasteiger partial charge >= 0.3 is 0 Å². The molecule has 6 nitrogen and oxygen atoms in total. The number of nitrogens with one attached hydrogen (secondary N) is 1. The topological polar surface area (TPSA) is 67.2 Å². The minimum atomic E-state index is -3.11. The molecule has 1 N–H and O–H groups in total. The van der Waals surface area contributed by atoms with E-state index in [4.69, 9.17) is 0 Å². The Morgan fingerprint density at radius 2 is 2.17 bits per heavy atom. The van der Waals surface area contributed by atoms with Crippen molar-refractivity contribution in [2.24, 2.45) is 0 Å². The fraction of sp³-hybridized carbons (Fsp3) is 0.727. The number of aromatic nitrogens is 2. The van der Waals surface area contributed by atoms with Crippen molar-refractivity contribution in [3.63, 3.8) is 0 Å². The van der Waals surface area contributed by atoms with Crippen LogP contribution >= 0.6 is 0 Å². The molecule has 0 aliphatic heterocycles. The number of hydrogen-bond donors (Lipinski definition) is 1. The molecule has 0 aliphatic carbocycles. The highest BCUT2D eigenvalue weighted by molar-refractivity contribution is 7.89. The van der Waals surface area contributed by atoms with E-state index >= 15 is 0 Å². The predicted octanol–water partition coefficient (Wildman–Crippen LogP) is 0.274. The molecule has 0 saturated carbocycles. The van der Waals surface area contributed by atoms with Gasteiger partial charge in [-0.15, -0.1) is 0 Å². The monoisotopic (exact) mass is 274 g/mol. The van der Waals surface area contributed by atoms with Crippen LogP contribution in [-0.4, -0.2) is 48.9 Å². The molecule has 0 unspecified atom stereocenters. The lowest BCUT2D eigenvalue weighted by Gasteiger charge is -2.12. The molecule has 0 saturated heterocycles. The summed E-state index contributed by atoms with van der Waals surface area (Å²) in [4.78, 5) is 0. The summed E-state index contributed by atoms with van der Waals surface area (Å²) in [6.07, 6.45) is 2.80. The van der Waals surface area contributed by atoms with Crippen molar-refractivity contribution < 1.29 is 8.42 Å². The fourth-order valence-corrected chi connectivity index (χ4v) is 2.29. The second kappa shape index (κ2) is 6.86. The first-order valence-electron chi connectivity index (χ1n) is 6.09. The quantitative estimate of drug-likeness (QED) is 0.691. The number of sulfonamides is 1. The molecule has 0 aromatic carbocycles. The highest BCUT2D eigenvalue weighted by Gasteiger charge is 2.12. The summed E-state index contributed by atoms with van der Waals surface area (Å²) in [6.45, 7) is 4.07. The van der Waals surface area contributed by atoms with Gasteiger partial charge in [0.2, 0.25) is 10.0 Å². The highest BCUT2D eigenvalue weighted by Crippen LogP contribution is 2.00. The molecule has 0 atom stereocenters. The smallest absolute Gasteiger partial charge is 0.214 e. The summed E-state index contributed by atoms with van der Waals surface area (Å²) in [6, 6.07) is 1.95. The maximum absolute atomic E-state index is 11.5. The van der Waals surface area contributed by atoms with Crippen molar-refractivity contribution in [1.82, 2.24) is 19.4 Å². The largest absolute Gasteiger partial charge is 0.310 e. The molecule has 1 aromatic heterocycles. The molecule has 1 rings (SSSR count). The number of nitrogens with zero attached hydrogens (tertiary/aromatic N) is 3. The zero-order valence-corrected chi connectivity index (χ0v) is 12.1. The molecule has 0 aliphatic rings. The highest BCUT2D eigenvalue weighted by atomic mass is 32.2. The van der Waals surface area contributed by atoms with Gasteiger partial charge in [-0.1, -0.05) is 6.92 Å². The maximum atomic E-state index is 11.5. The second-order valence-corrected chi connectivity index (χ2v) is 6.62. The van der Waals surface area contributed by atoms with Crippen LogP contribution in [0.1, 0.15) is 19.0 Å². The Morgan fingerprint density at radius 1 is 1.44 bits per heavy atom. The molecular formula is C11H22N4O2S. The molecule has 1 aromatic rings. The molecule has 0 radical (unpaired) electrons. The lowest BCUT2D eigenvalue weighted by molar-refractivity contribution is 0.515. The Hall–Kier alpha value is -0.920. The molecule has 1 heterocycles. The first-order chi connectivity index (χ1) is 8.47.